The average Bonchev–Trinajstić information content (AvgIpc) is 4.12. The Balaban J connectivity index is 0.957. The molecule has 0 radical (unpaired) electrons. The molecule has 0 bridgehead atoms. The summed E-state index contributed by atoms with van der Waals surface area (Å²) in [6.07, 6.45) is 3.37. The van der Waals surface area contributed by atoms with Crippen LogP contribution in [-0.2, 0) is 46.6 Å². The molecule has 24 heteroatoms. The normalized spacial score (nSPS) is 25.8. The molecule has 6 rings (SSSR count). The predicted octanol–water partition coefficient (Wildman–Crippen LogP) is 3.72. The minimum Gasteiger partial charge on any atom is -0.445 e. The second-order valence-corrected chi connectivity index (χ2v) is 24.4. The van der Waals surface area contributed by atoms with Crippen molar-refractivity contribution in [1.82, 2.24) is 45.3 Å². The van der Waals surface area contributed by atoms with Gasteiger partial charge >= 0.3 is 6.09 Å². The molecule has 5 heterocycles. The standard InChI is InChI=1S/C54H80IN11O12/c1-10-13-15-32(12-3)25-64-28-58-41-45(56-27-57-46(41)64)63-50-44(70)43(69)40(31(7)78-50)62-49(73)42-36(67)21-23-65(42)53(76)77-26-33-17-19-34(20-18-33)60-47(71)30(6)59-48(72)39(29(4)5)61-37(68)22-24-66-51(74)35(16-14-11-2)38(52(66)75)54(8,9)55/h11,14,17-20,27-32,35-36,38-40,42-44,50-51,67,69-70,74H,10,12-13,15-16,21-26H2,1-9H3,(H,59,72)(H,60,71)(H,61,68)(H,62,73)(H,56,57,63)/b14-11-/t30-,31-,32?,35?,36-,38?,39-,40-,42+,43+,44-,50-,51?/m0/s1. The van der Waals surface area contributed by atoms with Gasteiger partial charge in [0.1, 0.15) is 55.0 Å². The number of aliphatic hydroxyl groups excluding tert-OH is 4. The van der Waals surface area contributed by atoms with E-state index < -0.39 is 100 Å². The Bertz CT molecular complexity index is 2580. The summed E-state index contributed by atoms with van der Waals surface area (Å²) in [5, 5.41) is 58.5. The lowest BCUT2D eigenvalue weighted by Gasteiger charge is -2.42. The zero-order chi connectivity index (χ0) is 57.2. The van der Waals surface area contributed by atoms with E-state index in [1.807, 2.05) is 37.5 Å². The number of rotatable bonds is 24. The number of carbonyl (C=O) groups is 6. The molecule has 0 saturated carbocycles. The maximum absolute atomic E-state index is 13.8. The molecule has 3 fully saturated rings. The van der Waals surface area contributed by atoms with Gasteiger partial charge in [0, 0.05) is 41.1 Å². The number of hydrogen-bond donors (Lipinski definition) is 9. The number of nitrogens with one attached hydrogen (secondary N) is 5. The number of allylic oxidation sites excluding steroid dienone is 2. The first kappa shape index (κ1) is 61.7. The van der Waals surface area contributed by atoms with E-state index in [9.17, 15) is 49.2 Å². The number of aliphatic hydroxyl groups is 4. The number of fused-ring (bicyclic) bond motifs is 1. The van der Waals surface area contributed by atoms with Crippen molar-refractivity contribution in [2.75, 3.05) is 23.7 Å². The fourth-order valence-corrected chi connectivity index (χ4v) is 11.1. The number of alkyl halides is 1. The van der Waals surface area contributed by atoms with Gasteiger partial charge in [0.05, 0.1) is 30.5 Å². The van der Waals surface area contributed by atoms with Crippen LogP contribution in [-0.4, -0.2) is 163 Å². The number of ether oxygens (including phenoxy) is 2. The number of imidazole rings is 1. The summed E-state index contributed by atoms with van der Waals surface area (Å²) >= 11 is 2.22. The zero-order valence-corrected chi connectivity index (χ0v) is 48.3. The lowest BCUT2D eigenvalue weighted by Crippen LogP contribution is -2.66. The van der Waals surface area contributed by atoms with Crippen molar-refractivity contribution >= 4 is 80.9 Å². The summed E-state index contributed by atoms with van der Waals surface area (Å²) in [5.41, 5.74) is 1.98. The largest absolute Gasteiger partial charge is 0.445 e. The van der Waals surface area contributed by atoms with Crippen LogP contribution in [0.4, 0.5) is 16.3 Å². The lowest BCUT2D eigenvalue weighted by molar-refractivity contribution is -0.173. The molecule has 4 unspecified atom stereocenters. The predicted molar refractivity (Wildman–Crippen MR) is 298 cm³/mol. The molecular formula is C54H80IN11O12. The minimum atomic E-state index is -1.55. The van der Waals surface area contributed by atoms with Gasteiger partial charge in [0.2, 0.25) is 29.5 Å². The number of carbonyl (C=O) groups excluding carboxylic acids is 6. The van der Waals surface area contributed by atoms with Crippen molar-refractivity contribution in [3.63, 3.8) is 0 Å². The van der Waals surface area contributed by atoms with Crippen LogP contribution >= 0.6 is 22.6 Å². The fraction of sp³-hybridized carbons (Fsp3) is 0.648. The SMILES string of the molecule is C/C=C\CC1C(O)N(CCC(=O)N[C@H](C(=O)N[C@@H](C)C(=O)Nc2ccc(COC(=O)N3CC[C@H](O)[C@@H]3C(=O)N[C@@H]3[C@@H](O)[C@H](O)[C@@H](Nc4ncnc5c4ncn5CC(CC)CCCC)O[C@H]3C)cc2)C(C)C)C(=O)C1C(C)(C)I. The van der Waals surface area contributed by atoms with Gasteiger partial charge in [-0.15, -0.1) is 0 Å². The summed E-state index contributed by atoms with van der Waals surface area (Å²) < 4.78 is 13.2. The Morgan fingerprint density at radius 3 is 2.36 bits per heavy atom. The summed E-state index contributed by atoms with van der Waals surface area (Å²) in [6.45, 7) is 17.2. The van der Waals surface area contributed by atoms with Gasteiger partial charge in [-0.1, -0.05) is 108 Å². The molecule has 9 N–H and O–H groups in total. The van der Waals surface area contributed by atoms with E-state index in [-0.39, 0.29) is 50.3 Å². The monoisotopic (exact) mass is 1200 g/mol. The van der Waals surface area contributed by atoms with E-state index >= 15 is 0 Å². The van der Waals surface area contributed by atoms with E-state index in [4.69, 9.17) is 9.47 Å². The van der Waals surface area contributed by atoms with Crippen LogP contribution in [0, 0.1) is 23.7 Å². The molecule has 430 valence electrons. The molecule has 13 atom stereocenters. The molecule has 0 spiro atoms. The highest BCUT2D eigenvalue weighted by Crippen LogP contribution is 2.43. The average molecular weight is 1200 g/mol. The maximum Gasteiger partial charge on any atom is 0.410 e. The second kappa shape index (κ2) is 27.6. The Hall–Kier alpha value is -5.54. The van der Waals surface area contributed by atoms with Crippen LogP contribution in [0.3, 0.4) is 0 Å². The van der Waals surface area contributed by atoms with Crippen LogP contribution in [0.2, 0.25) is 0 Å². The molecule has 23 nitrogen and oxygen atoms in total. The number of anilines is 2. The molecular weight excluding hydrogens is 1120 g/mol. The van der Waals surface area contributed by atoms with Crippen LogP contribution in [0.1, 0.15) is 113 Å². The summed E-state index contributed by atoms with van der Waals surface area (Å²) in [5.74, 6) is -3.04. The molecule has 0 aliphatic carbocycles. The minimum absolute atomic E-state index is 0.00121. The summed E-state index contributed by atoms with van der Waals surface area (Å²) in [7, 11) is 0. The topological polar surface area (TPSA) is 312 Å². The molecule has 1 aromatic carbocycles. The molecule has 2 aromatic heterocycles. The van der Waals surface area contributed by atoms with Crippen LogP contribution in [0.25, 0.3) is 11.2 Å². The van der Waals surface area contributed by atoms with Crippen LogP contribution < -0.4 is 26.6 Å². The van der Waals surface area contributed by atoms with E-state index in [1.165, 1.54) is 18.2 Å². The van der Waals surface area contributed by atoms with Crippen molar-refractivity contribution in [3.05, 3.63) is 54.6 Å². The fourth-order valence-electron chi connectivity index (χ4n) is 10.4. The van der Waals surface area contributed by atoms with Gasteiger partial charge in [-0.3, -0.25) is 28.9 Å². The van der Waals surface area contributed by atoms with Gasteiger partial charge in [0.15, 0.2) is 17.7 Å². The van der Waals surface area contributed by atoms with Gasteiger partial charge in [0.25, 0.3) is 0 Å². The number of likely N-dealkylation sites (tertiary alicyclic amines) is 2. The highest BCUT2D eigenvalue weighted by atomic mass is 127. The Labute approximate surface area is 469 Å². The first-order valence-corrected chi connectivity index (χ1v) is 28.2. The van der Waals surface area contributed by atoms with E-state index in [0.717, 1.165) is 37.1 Å². The molecule has 78 heavy (non-hydrogen) atoms. The third kappa shape index (κ3) is 15.0. The molecule has 3 aliphatic rings. The molecule has 3 aromatic rings. The smallest absolute Gasteiger partial charge is 0.410 e. The van der Waals surface area contributed by atoms with Crippen molar-refractivity contribution in [2.45, 2.75) is 185 Å². The Morgan fingerprint density at radius 1 is 0.987 bits per heavy atom. The number of hydrogen-bond acceptors (Lipinski definition) is 16. The second-order valence-electron chi connectivity index (χ2n) is 21.6. The molecule has 3 saturated heterocycles. The van der Waals surface area contributed by atoms with Crippen molar-refractivity contribution in [1.29, 1.82) is 0 Å². The van der Waals surface area contributed by atoms with Gasteiger partial charge in [-0.05, 0) is 69.6 Å². The Morgan fingerprint density at radius 2 is 1.71 bits per heavy atom. The van der Waals surface area contributed by atoms with Gasteiger partial charge < -0.3 is 66.0 Å². The number of benzene rings is 1. The third-order valence-electron chi connectivity index (χ3n) is 15.0. The number of aromatic nitrogens is 4. The van der Waals surface area contributed by atoms with Crippen molar-refractivity contribution in [3.8, 4) is 0 Å². The highest BCUT2D eigenvalue weighted by molar-refractivity contribution is 14.1. The molecule has 3 aliphatic heterocycles. The Kier molecular flexibility index (Phi) is 21.8. The number of unbranched alkanes of at least 4 members (excludes halogenated alkanes) is 1. The maximum atomic E-state index is 13.8. The van der Waals surface area contributed by atoms with Crippen molar-refractivity contribution < 1.29 is 58.7 Å². The third-order valence-corrected chi connectivity index (χ3v) is 15.7. The first-order chi connectivity index (χ1) is 37.0. The quantitative estimate of drug-likeness (QED) is 0.0351. The summed E-state index contributed by atoms with van der Waals surface area (Å²) in [6, 6.07) is 1.83. The van der Waals surface area contributed by atoms with Gasteiger partial charge in [-0.2, -0.15) is 0 Å². The van der Waals surface area contributed by atoms with Crippen LogP contribution in [0.5, 0.6) is 0 Å². The van der Waals surface area contributed by atoms with Gasteiger partial charge in [-0.25, -0.2) is 19.7 Å². The number of nitrogens with zero attached hydrogens (tertiary/aromatic N) is 6. The van der Waals surface area contributed by atoms with E-state index in [2.05, 4.69) is 78.0 Å². The number of halogens is 1. The lowest BCUT2D eigenvalue weighted by atomic mass is 9.83. The first-order valence-electron chi connectivity index (χ1n) is 27.1. The van der Waals surface area contributed by atoms with Crippen molar-refractivity contribution in [2.24, 2.45) is 23.7 Å². The number of amides is 6. The highest BCUT2D eigenvalue weighted by Gasteiger charge is 2.52. The van der Waals surface area contributed by atoms with E-state index in [1.54, 1.807) is 51.4 Å². The zero-order valence-electron chi connectivity index (χ0n) is 46.1. The van der Waals surface area contributed by atoms with E-state index in [0.29, 0.717) is 40.6 Å². The van der Waals surface area contributed by atoms with Crippen LogP contribution in [0.15, 0.2) is 49.1 Å². The summed E-state index contributed by atoms with van der Waals surface area (Å²) in [4.78, 5) is 96.2. The molecule has 6 amide bonds.